The maximum absolute atomic E-state index is 13.6. The minimum Gasteiger partial charge on any atom is -0.476 e. The van der Waals surface area contributed by atoms with Crippen molar-refractivity contribution in [3.63, 3.8) is 0 Å². The molecule has 0 fully saturated rings. The number of thiazole rings is 3. The molecule has 9 aromatic heterocycles. The van der Waals surface area contributed by atoms with Crippen LogP contribution in [0.4, 0.5) is 31.0 Å². The Balaban J connectivity index is 0.000000172. The number of carbonyl (C=O) groups excluding carboxylic acids is 2. The summed E-state index contributed by atoms with van der Waals surface area (Å²) in [6, 6.07) is 22.0. The van der Waals surface area contributed by atoms with Crippen molar-refractivity contribution in [3.8, 4) is 0 Å². The molecule has 0 aliphatic rings. The Morgan fingerprint density at radius 2 is 0.717 bits per heavy atom. The van der Waals surface area contributed by atoms with Gasteiger partial charge in [-0.1, -0.05) is 36.4 Å². The van der Waals surface area contributed by atoms with Gasteiger partial charge in [0, 0.05) is 31.4 Å². The molecule has 0 saturated heterocycles. The molecule has 12 N–H and O–H groups in total. The zero-order valence-corrected chi connectivity index (χ0v) is 62.3. The Kier molecular flexibility index (Phi) is 26.5. The number of carbonyl (C=O) groups is 3. The molecule has 0 spiro atoms. The molecule has 106 heavy (non-hydrogen) atoms. The van der Waals surface area contributed by atoms with E-state index < -0.39 is 53.5 Å². The number of nitrogens with zero attached hydrogens (tertiary/aromatic N) is 12. The molecule has 9 heterocycles. The van der Waals surface area contributed by atoms with E-state index in [4.69, 9.17) is 21.2 Å². The second kappa shape index (κ2) is 35.2. The van der Waals surface area contributed by atoms with E-state index in [9.17, 15) is 57.9 Å². The number of rotatable bonds is 25. The van der Waals surface area contributed by atoms with E-state index in [2.05, 4.69) is 75.8 Å². The third-order valence-corrected chi connectivity index (χ3v) is 21.1. The van der Waals surface area contributed by atoms with Crippen LogP contribution >= 0.6 is 34.0 Å². The number of fused-ring (bicyclic) bond motifs is 3. The van der Waals surface area contributed by atoms with Gasteiger partial charge >= 0.3 is 5.97 Å². The van der Waals surface area contributed by atoms with E-state index >= 15 is 0 Å². The molecule has 0 aliphatic carbocycles. The van der Waals surface area contributed by atoms with Crippen LogP contribution in [0.25, 0.3) is 31.0 Å². The molecule has 554 valence electrons. The van der Waals surface area contributed by atoms with Crippen molar-refractivity contribution in [2.75, 3.05) is 22.5 Å². The molecular formula is C68H70F3N19O10S6. The summed E-state index contributed by atoms with van der Waals surface area (Å²) in [6.07, 6.45) is 11.5. The number of anilines is 3. The summed E-state index contributed by atoms with van der Waals surface area (Å²) in [5.74, 6) is -2.22. The number of benzene rings is 3. The summed E-state index contributed by atoms with van der Waals surface area (Å²) in [5.41, 5.74) is 11.6. The van der Waals surface area contributed by atoms with Gasteiger partial charge < -0.3 is 26.8 Å². The highest BCUT2D eigenvalue weighted by atomic mass is 32.2. The summed E-state index contributed by atoms with van der Waals surface area (Å²) in [6.45, 7) is 11.4. The number of aryl methyl sites for hydroxylation is 5. The van der Waals surface area contributed by atoms with Gasteiger partial charge in [0.1, 0.15) is 42.9 Å². The standard InChI is InChI=1S/2C23H23FN6O3S2.C14H12FN5O2S.C8H12N2O2S/c2*1-13(16-10-17(24)12-26-11-16)27-23-29-20(21-22(30-23)28-14(2)34-21)19(31)5-3-4-15-6-8-18(9-7-15)35(25,32)33;1-6(8-3-9(15)5-16-4-8)17-14-19-10(13(21)22)11-12(20-14)18-7(2)23-11;9-6-5-7-1-3-8(4-2-7)13(10,11)12/h2*6-13H,3-5H2,1-2H3,(H2,25,32,33)(H,27,29,30);3-6H,1-2H3,(H,21,22)(H,17,19,20);1-4H,5-6,9H2,(H2,10,11,12)/t2*13-;6-;/m000./s1. The van der Waals surface area contributed by atoms with Crippen molar-refractivity contribution in [3.05, 3.63) is 211 Å². The SMILES string of the molecule is Cc1nc2nc(N[C@@H](C)c3cncc(F)c3)nc(C(=O)CCCc3ccc(S(N)(=O)=O)cc3)c2s1.Cc1nc2nc(N[C@@H](C)c3cncc(F)c3)nc(C(=O)CCCc3ccc(S(N)(=O)=O)cc3)c2s1.Cc1nc2nc(N[C@@H](C)c3cncc(F)c3)nc(C(=O)O)c2s1.NCCc1ccc(S(N)(=O)=O)cc1. The number of hydrogen-bond acceptors (Lipinski definition) is 28. The Bertz CT molecular complexity index is 5310. The van der Waals surface area contributed by atoms with Crippen LogP contribution in [-0.4, -0.2) is 114 Å². The minimum atomic E-state index is -3.74. The Labute approximate surface area is 618 Å². The Morgan fingerprint density at radius 3 is 0.991 bits per heavy atom. The lowest BCUT2D eigenvalue weighted by Crippen LogP contribution is -2.13. The fraction of sp³-hybridized carbons (Fsp3) is 0.250. The predicted molar refractivity (Wildman–Crippen MR) is 396 cm³/mol. The van der Waals surface area contributed by atoms with Crippen molar-refractivity contribution >= 4 is 131 Å². The van der Waals surface area contributed by atoms with Gasteiger partial charge in [-0.3, -0.25) is 24.5 Å². The molecule has 0 unspecified atom stereocenters. The van der Waals surface area contributed by atoms with Crippen molar-refractivity contribution in [2.24, 2.45) is 21.2 Å². The van der Waals surface area contributed by atoms with Gasteiger partial charge in [-0.15, -0.1) is 34.0 Å². The number of carboxylic acids is 1. The molecule has 29 nitrogen and oxygen atoms in total. The molecule has 12 aromatic rings. The number of carboxylic acid groups (broad SMARTS) is 1. The number of Topliss-reactive ketones (excluding diaryl/α,β-unsaturated/α-hetero) is 2. The number of ketones is 2. The molecule has 0 bridgehead atoms. The normalized spacial score (nSPS) is 12.4. The summed E-state index contributed by atoms with van der Waals surface area (Å²) >= 11 is 3.94. The number of aromatic carboxylic acids is 1. The van der Waals surface area contributed by atoms with Crippen LogP contribution in [0.1, 0.15) is 144 Å². The van der Waals surface area contributed by atoms with Gasteiger partial charge in [-0.05, 0) is 168 Å². The molecule has 0 aliphatic heterocycles. The van der Waals surface area contributed by atoms with Gasteiger partial charge in [0.05, 0.1) is 66.4 Å². The summed E-state index contributed by atoms with van der Waals surface area (Å²) in [7, 11) is -11.1. The molecule has 0 amide bonds. The third-order valence-electron chi connectivity index (χ3n) is 15.5. The topological polar surface area (TPSA) is 469 Å². The maximum Gasteiger partial charge on any atom is 0.356 e. The van der Waals surface area contributed by atoms with Gasteiger partial charge in [0.2, 0.25) is 47.9 Å². The highest BCUT2D eigenvalue weighted by molar-refractivity contribution is 7.89. The van der Waals surface area contributed by atoms with Gasteiger partial charge in [0.15, 0.2) is 34.2 Å². The highest BCUT2D eigenvalue weighted by Gasteiger charge is 2.24. The van der Waals surface area contributed by atoms with Crippen molar-refractivity contribution in [2.45, 2.75) is 119 Å². The van der Waals surface area contributed by atoms with E-state index in [-0.39, 0.29) is 92.1 Å². The maximum atomic E-state index is 13.6. The number of halogens is 3. The van der Waals surface area contributed by atoms with Crippen molar-refractivity contribution < 1.29 is 57.9 Å². The van der Waals surface area contributed by atoms with Gasteiger partial charge in [-0.25, -0.2) is 88.5 Å². The van der Waals surface area contributed by atoms with Gasteiger partial charge in [0.25, 0.3) is 0 Å². The fourth-order valence-corrected chi connectivity index (χ4v) is 14.3. The molecular weight excluding hydrogens is 1490 g/mol. The van der Waals surface area contributed by atoms with E-state index in [0.29, 0.717) is 85.0 Å². The lowest BCUT2D eigenvalue weighted by molar-refractivity contribution is 0.0692. The smallest absolute Gasteiger partial charge is 0.356 e. The zero-order valence-electron chi connectivity index (χ0n) is 57.4. The first-order chi connectivity index (χ1) is 50.2. The zero-order chi connectivity index (χ0) is 76.8. The van der Waals surface area contributed by atoms with E-state index in [0.717, 1.165) is 51.7 Å². The molecule has 3 aromatic carbocycles. The second-order valence-electron chi connectivity index (χ2n) is 23.7. The predicted octanol–water partition coefficient (Wildman–Crippen LogP) is 10.5. The quantitative estimate of drug-likeness (QED) is 0.0246. The number of nitrogens with one attached hydrogen (secondary N) is 3. The highest BCUT2D eigenvalue weighted by Crippen LogP contribution is 2.31. The Hall–Kier alpha value is -10.3. The third kappa shape index (κ3) is 22.1. The average Bonchev–Trinajstić information content (AvgIpc) is 1.69. The number of nitrogens with two attached hydrogens (primary N) is 4. The Morgan fingerprint density at radius 1 is 0.434 bits per heavy atom. The van der Waals surface area contributed by atoms with Crippen LogP contribution in [0.15, 0.2) is 143 Å². The first-order valence-corrected chi connectivity index (χ1v) is 39.2. The van der Waals surface area contributed by atoms with Crippen LogP contribution in [-0.2, 0) is 49.3 Å². The lowest BCUT2D eigenvalue weighted by atomic mass is 10.1. The van der Waals surface area contributed by atoms with Crippen LogP contribution in [0, 0.1) is 38.2 Å². The van der Waals surface area contributed by atoms with Crippen LogP contribution in [0.3, 0.4) is 0 Å². The average molecular weight is 1560 g/mol. The number of aromatic nitrogens is 12. The first-order valence-electron chi connectivity index (χ1n) is 32.1. The number of pyridine rings is 3. The summed E-state index contributed by atoms with van der Waals surface area (Å²) in [5, 5.41) is 35.9. The number of primary sulfonamides is 3. The largest absolute Gasteiger partial charge is 0.476 e. The fourth-order valence-electron chi connectivity index (χ4n) is 10.2. The number of hydrogen-bond donors (Lipinski definition) is 8. The minimum absolute atomic E-state index is 0.0459. The van der Waals surface area contributed by atoms with Crippen molar-refractivity contribution in [1.29, 1.82) is 0 Å². The van der Waals surface area contributed by atoms with Crippen LogP contribution in [0.2, 0.25) is 0 Å². The second-order valence-corrected chi connectivity index (χ2v) is 32.0. The monoisotopic (exact) mass is 1560 g/mol. The summed E-state index contributed by atoms with van der Waals surface area (Å²) in [4.78, 5) is 88.4. The van der Waals surface area contributed by atoms with E-state index in [1.807, 2.05) is 27.7 Å². The van der Waals surface area contributed by atoms with E-state index in [1.165, 1.54) is 94.8 Å². The molecule has 0 radical (unpaired) electrons. The van der Waals surface area contributed by atoms with Crippen LogP contribution < -0.4 is 37.1 Å². The molecule has 3 atom stereocenters. The molecule has 0 saturated carbocycles. The van der Waals surface area contributed by atoms with Crippen LogP contribution in [0.5, 0.6) is 0 Å². The molecule has 38 heteroatoms. The first kappa shape index (κ1) is 79.8. The molecule has 12 rings (SSSR count). The van der Waals surface area contributed by atoms with Crippen molar-refractivity contribution in [1.82, 2.24) is 59.8 Å². The summed E-state index contributed by atoms with van der Waals surface area (Å²) < 4.78 is 109. The lowest BCUT2D eigenvalue weighted by Gasteiger charge is -2.14. The number of sulfonamides is 3. The van der Waals surface area contributed by atoms with E-state index in [1.54, 1.807) is 62.6 Å². The van der Waals surface area contributed by atoms with Gasteiger partial charge in [-0.2, -0.15) is 15.0 Å².